The highest BCUT2D eigenvalue weighted by Crippen LogP contribution is 2.31. The number of aryl methyl sites for hydroxylation is 2. The first-order chi connectivity index (χ1) is 8.50. The van der Waals surface area contributed by atoms with Gasteiger partial charge in [-0.1, -0.05) is 47.5 Å². The Kier molecular flexibility index (Phi) is 3.69. The fraction of sp³-hybridized carbons (Fsp3) is 0.200. The molecule has 18 heavy (non-hydrogen) atoms. The monoisotopic (exact) mass is 264 g/mol. The van der Waals surface area contributed by atoms with Gasteiger partial charge in [-0.15, -0.1) is 0 Å². The van der Waals surface area contributed by atoms with E-state index in [-0.39, 0.29) is 5.02 Å². The van der Waals surface area contributed by atoms with Gasteiger partial charge in [-0.3, -0.25) is 0 Å². The van der Waals surface area contributed by atoms with E-state index in [0.717, 1.165) is 16.7 Å². The van der Waals surface area contributed by atoms with Crippen molar-refractivity contribution in [1.82, 2.24) is 0 Å². The molecule has 0 fully saturated rings. The summed E-state index contributed by atoms with van der Waals surface area (Å²) in [6.45, 7) is 3.90. The molecule has 94 valence electrons. The van der Waals surface area contributed by atoms with E-state index in [2.05, 4.69) is 0 Å². The average Bonchev–Trinajstić information content (AvgIpc) is 2.32. The van der Waals surface area contributed by atoms with Crippen LogP contribution in [0.15, 0.2) is 36.4 Å². The van der Waals surface area contributed by atoms with E-state index in [1.807, 2.05) is 32.0 Å². The van der Waals surface area contributed by atoms with E-state index in [4.69, 9.17) is 11.6 Å². The SMILES string of the molecule is Cc1ccc(C(O)c2cccc(F)c2Cl)c(C)c1. The summed E-state index contributed by atoms with van der Waals surface area (Å²) < 4.78 is 13.4. The van der Waals surface area contributed by atoms with Crippen molar-refractivity contribution in [1.29, 1.82) is 0 Å². The lowest BCUT2D eigenvalue weighted by molar-refractivity contribution is 0.219. The molecule has 0 bridgehead atoms. The summed E-state index contributed by atoms with van der Waals surface area (Å²) in [5.74, 6) is -0.516. The molecule has 0 aliphatic rings. The Balaban J connectivity index is 2.48. The summed E-state index contributed by atoms with van der Waals surface area (Å²) in [5, 5.41) is 10.3. The van der Waals surface area contributed by atoms with Crippen LogP contribution in [0.2, 0.25) is 5.02 Å². The molecule has 2 aromatic carbocycles. The van der Waals surface area contributed by atoms with Crippen molar-refractivity contribution in [3.8, 4) is 0 Å². The number of halogens is 2. The maximum atomic E-state index is 13.4. The standard InChI is InChI=1S/C15H14ClFO/c1-9-6-7-11(10(2)8-9)15(18)12-4-3-5-13(17)14(12)16/h3-8,15,18H,1-2H3. The smallest absolute Gasteiger partial charge is 0.142 e. The Morgan fingerprint density at radius 1 is 1.11 bits per heavy atom. The van der Waals surface area contributed by atoms with E-state index < -0.39 is 11.9 Å². The number of rotatable bonds is 2. The van der Waals surface area contributed by atoms with Crippen LogP contribution < -0.4 is 0 Å². The summed E-state index contributed by atoms with van der Waals surface area (Å²) in [6.07, 6.45) is -0.909. The molecule has 0 aliphatic heterocycles. The lowest BCUT2D eigenvalue weighted by Crippen LogP contribution is -2.03. The first-order valence-electron chi connectivity index (χ1n) is 5.70. The molecular weight excluding hydrogens is 251 g/mol. The minimum absolute atomic E-state index is 0.0232. The average molecular weight is 265 g/mol. The van der Waals surface area contributed by atoms with Gasteiger partial charge in [-0.25, -0.2) is 4.39 Å². The highest BCUT2D eigenvalue weighted by atomic mass is 35.5. The highest BCUT2D eigenvalue weighted by molar-refractivity contribution is 6.31. The van der Waals surface area contributed by atoms with Crippen LogP contribution in [0, 0.1) is 19.7 Å². The molecular formula is C15H14ClFO. The molecule has 2 rings (SSSR count). The summed E-state index contributed by atoms with van der Waals surface area (Å²) >= 11 is 5.89. The lowest BCUT2D eigenvalue weighted by atomic mass is 9.96. The van der Waals surface area contributed by atoms with Crippen LogP contribution >= 0.6 is 11.6 Å². The second-order valence-electron chi connectivity index (χ2n) is 4.41. The molecule has 0 spiro atoms. The molecule has 0 saturated carbocycles. The summed E-state index contributed by atoms with van der Waals surface area (Å²) in [4.78, 5) is 0. The summed E-state index contributed by atoms with van der Waals surface area (Å²) in [6, 6.07) is 10.2. The van der Waals surface area contributed by atoms with Gasteiger partial charge in [-0.2, -0.15) is 0 Å². The molecule has 1 atom stereocenters. The Labute approximate surface area is 111 Å². The van der Waals surface area contributed by atoms with Crippen molar-refractivity contribution >= 4 is 11.6 Å². The van der Waals surface area contributed by atoms with Gasteiger partial charge >= 0.3 is 0 Å². The van der Waals surface area contributed by atoms with Crippen LogP contribution in [0.1, 0.15) is 28.4 Å². The molecule has 3 heteroatoms. The van der Waals surface area contributed by atoms with Gasteiger partial charge in [0.2, 0.25) is 0 Å². The normalized spacial score (nSPS) is 12.5. The first kappa shape index (κ1) is 13.1. The fourth-order valence-corrected chi connectivity index (χ4v) is 2.26. The number of hydrogen-bond acceptors (Lipinski definition) is 1. The Morgan fingerprint density at radius 3 is 2.50 bits per heavy atom. The van der Waals surface area contributed by atoms with Gasteiger partial charge in [0.25, 0.3) is 0 Å². The van der Waals surface area contributed by atoms with Crippen LogP contribution in [0.5, 0.6) is 0 Å². The zero-order valence-corrected chi connectivity index (χ0v) is 11.0. The van der Waals surface area contributed by atoms with Gasteiger partial charge in [0, 0.05) is 5.56 Å². The molecule has 2 aromatic rings. The minimum Gasteiger partial charge on any atom is -0.384 e. The highest BCUT2D eigenvalue weighted by Gasteiger charge is 2.17. The van der Waals surface area contributed by atoms with Crippen LogP contribution in [0.4, 0.5) is 4.39 Å². The Morgan fingerprint density at radius 2 is 1.83 bits per heavy atom. The first-order valence-corrected chi connectivity index (χ1v) is 6.07. The molecule has 0 radical (unpaired) electrons. The largest absolute Gasteiger partial charge is 0.384 e. The third-order valence-corrected chi connectivity index (χ3v) is 3.39. The van der Waals surface area contributed by atoms with Gasteiger partial charge in [0.1, 0.15) is 11.9 Å². The van der Waals surface area contributed by atoms with Crippen LogP contribution in [0.25, 0.3) is 0 Å². The van der Waals surface area contributed by atoms with Crippen molar-refractivity contribution < 1.29 is 9.50 Å². The second-order valence-corrected chi connectivity index (χ2v) is 4.78. The predicted molar refractivity (Wildman–Crippen MR) is 71.4 cm³/mol. The Hall–Kier alpha value is -1.38. The fourth-order valence-electron chi connectivity index (χ4n) is 2.03. The predicted octanol–water partition coefficient (Wildman–Crippen LogP) is 4.18. The summed E-state index contributed by atoms with van der Waals surface area (Å²) in [5.41, 5.74) is 3.22. The quantitative estimate of drug-likeness (QED) is 0.863. The summed E-state index contributed by atoms with van der Waals surface area (Å²) in [7, 11) is 0. The van der Waals surface area contributed by atoms with Crippen molar-refractivity contribution in [2.45, 2.75) is 20.0 Å². The molecule has 0 heterocycles. The molecule has 1 nitrogen and oxygen atoms in total. The number of aliphatic hydroxyl groups is 1. The third kappa shape index (κ3) is 2.40. The van der Waals surface area contributed by atoms with Crippen molar-refractivity contribution in [3.63, 3.8) is 0 Å². The van der Waals surface area contributed by atoms with E-state index in [1.54, 1.807) is 12.1 Å². The third-order valence-electron chi connectivity index (χ3n) is 3.00. The zero-order valence-electron chi connectivity index (χ0n) is 10.2. The van der Waals surface area contributed by atoms with Gasteiger partial charge < -0.3 is 5.11 Å². The molecule has 1 unspecified atom stereocenters. The van der Waals surface area contributed by atoms with Crippen molar-refractivity contribution in [2.75, 3.05) is 0 Å². The lowest BCUT2D eigenvalue weighted by Gasteiger charge is -2.16. The second kappa shape index (κ2) is 5.09. The topological polar surface area (TPSA) is 20.2 Å². The van der Waals surface area contributed by atoms with Crippen molar-refractivity contribution in [3.05, 3.63) is 69.5 Å². The molecule has 1 N–H and O–H groups in total. The Bertz CT molecular complexity index is 581. The maximum absolute atomic E-state index is 13.4. The number of benzene rings is 2. The van der Waals surface area contributed by atoms with E-state index in [9.17, 15) is 9.50 Å². The van der Waals surface area contributed by atoms with E-state index >= 15 is 0 Å². The van der Waals surface area contributed by atoms with Gasteiger partial charge in [0.05, 0.1) is 5.02 Å². The van der Waals surface area contributed by atoms with E-state index in [1.165, 1.54) is 6.07 Å². The van der Waals surface area contributed by atoms with E-state index in [0.29, 0.717) is 5.56 Å². The van der Waals surface area contributed by atoms with Crippen molar-refractivity contribution in [2.24, 2.45) is 0 Å². The van der Waals surface area contributed by atoms with Gasteiger partial charge in [0.15, 0.2) is 0 Å². The molecule has 0 saturated heterocycles. The van der Waals surface area contributed by atoms with Crippen LogP contribution in [0.3, 0.4) is 0 Å². The molecule has 0 aliphatic carbocycles. The van der Waals surface area contributed by atoms with Gasteiger partial charge in [-0.05, 0) is 31.0 Å². The number of aliphatic hydroxyl groups excluding tert-OH is 1. The minimum atomic E-state index is -0.909. The number of hydrogen-bond donors (Lipinski definition) is 1. The van der Waals surface area contributed by atoms with Crippen LogP contribution in [-0.2, 0) is 0 Å². The molecule has 0 amide bonds. The zero-order chi connectivity index (χ0) is 13.3. The molecule has 0 aromatic heterocycles. The maximum Gasteiger partial charge on any atom is 0.142 e. The van der Waals surface area contributed by atoms with Crippen LogP contribution in [-0.4, -0.2) is 5.11 Å².